The smallest absolute Gasteiger partial charge is 0.255 e. The van der Waals surface area contributed by atoms with Crippen LogP contribution >= 0.6 is 12.4 Å². The molecule has 0 aromatic heterocycles. The molecule has 0 fully saturated rings. The fourth-order valence-corrected chi connectivity index (χ4v) is 3.10. The molecule has 5 N–H and O–H groups in total. The number of amides is 1. The average Bonchev–Trinajstić information content (AvgIpc) is 2.69. The van der Waals surface area contributed by atoms with Crippen molar-refractivity contribution < 1.29 is 17.9 Å². The summed E-state index contributed by atoms with van der Waals surface area (Å²) in [6.07, 6.45) is 0. The molecule has 2 aromatic rings. The lowest BCUT2D eigenvalue weighted by atomic mass is 10.1. The third-order valence-corrected chi connectivity index (χ3v) is 5.30. The number of rotatable bonds is 9. The number of nitrogens with one attached hydrogen (secondary N) is 3. The van der Waals surface area contributed by atoms with Crippen LogP contribution in [-0.4, -0.2) is 41.6 Å². The van der Waals surface area contributed by atoms with Crippen LogP contribution in [0.25, 0.3) is 0 Å². The minimum Gasteiger partial charge on any atom is -0.383 e. The summed E-state index contributed by atoms with van der Waals surface area (Å²) in [4.78, 5) is 12.6. The highest BCUT2D eigenvalue weighted by Gasteiger charge is 2.16. The fraction of sp³-hybridized carbons (Fsp3) is 0.278. The van der Waals surface area contributed by atoms with E-state index in [2.05, 4.69) is 15.4 Å². The van der Waals surface area contributed by atoms with Crippen LogP contribution in [0.3, 0.4) is 0 Å². The first kappa shape index (κ1) is 23.9. The lowest BCUT2D eigenvalue weighted by Crippen LogP contribution is -2.20. The Bertz CT molecular complexity index is 889. The van der Waals surface area contributed by atoms with Crippen molar-refractivity contribution in [2.45, 2.75) is 11.4 Å². The molecule has 0 saturated heterocycles. The van der Waals surface area contributed by atoms with Crippen molar-refractivity contribution in [3.8, 4) is 0 Å². The van der Waals surface area contributed by atoms with Crippen molar-refractivity contribution in [3.63, 3.8) is 0 Å². The molecule has 28 heavy (non-hydrogen) atoms. The predicted molar refractivity (Wildman–Crippen MR) is 113 cm³/mol. The lowest BCUT2D eigenvalue weighted by Gasteiger charge is -2.15. The van der Waals surface area contributed by atoms with E-state index in [-0.39, 0.29) is 23.2 Å². The van der Waals surface area contributed by atoms with Crippen molar-refractivity contribution in [1.29, 1.82) is 0 Å². The van der Waals surface area contributed by atoms with Gasteiger partial charge in [-0.1, -0.05) is 12.1 Å². The highest BCUT2D eigenvalue weighted by molar-refractivity contribution is 7.89. The summed E-state index contributed by atoms with van der Waals surface area (Å²) in [5.41, 5.74) is 7.87. The number of carbonyl (C=O) groups excluding carboxylic acids is 1. The molecule has 0 radical (unpaired) electrons. The molecule has 0 unspecified atom stereocenters. The van der Waals surface area contributed by atoms with Gasteiger partial charge in [0.15, 0.2) is 0 Å². The summed E-state index contributed by atoms with van der Waals surface area (Å²) in [6, 6.07) is 11.4. The van der Waals surface area contributed by atoms with Crippen molar-refractivity contribution in [3.05, 3.63) is 53.6 Å². The predicted octanol–water partition coefficient (Wildman–Crippen LogP) is 1.79. The molecular weight excluding hydrogens is 404 g/mol. The zero-order valence-electron chi connectivity index (χ0n) is 15.7. The van der Waals surface area contributed by atoms with E-state index in [0.717, 1.165) is 5.56 Å². The van der Waals surface area contributed by atoms with Crippen LogP contribution in [0.15, 0.2) is 47.4 Å². The molecule has 0 spiro atoms. The van der Waals surface area contributed by atoms with Gasteiger partial charge >= 0.3 is 0 Å². The number of sulfonamides is 1. The van der Waals surface area contributed by atoms with Gasteiger partial charge in [-0.2, -0.15) is 0 Å². The summed E-state index contributed by atoms with van der Waals surface area (Å²) >= 11 is 0. The molecule has 8 nitrogen and oxygen atoms in total. The Balaban J connectivity index is 0.00000392. The molecule has 0 heterocycles. The van der Waals surface area contributed by atoms with Gasteiger partial charge in [0.2, 0.25) is 10.0 Å². The molecule has 0 bridgehead atoms. The van der Waals surface area contributed by atoms with Crippen molar-refractivity contribution in [2.75, 3.05) is 37.9 Å². The quantitative estimate of drug-likeness (QED) is 0.451. The Hall–Kier alpha value is -2.17. The molecule has 0 aliphatic rings. The Morgan fingerprint density at radius 2 is 1.79 bits per heavy atom. The zero-order chi connectivity index (χ0) is 19.9. The summed E-state index contributed by atoms with van der Waals surface area (Å²) in [7, 11) is -0.728. The van der Waals surface area contributed by atoms with Crippen molar-refractivity contribution in [2.24, 2.45) is 5.73 Å². The van der Waals surface area contributed by atoms with Crippen LogP contribution in [-0.2, 0) is 21.3 Å². The number of carbonyl (C=O) groups is 1. The Labute approximate surface area is 171 Å². The number of methoxy groups -OCH3 is 1. The first-order valence-electron chi connectivity index (χ1n) is 8.32. The Kier molecular flexibility index (Phi) is 9.36. The van der Waals surface area contributed by atoms with Gasteiger partial charge in [0, 0.05) is 25.8 Å². The molecule has 0 atom stereocenters. The molecule has 2 aromatic carbocycles. The second kappa shape index (κ2) is 11.0. The van der Waals surface area contributed by atoms with E-state index in [9.17, 15) is 13.2 Å². The van der Waals surface area contributed by atoms with Gasteiger partial charge in [-0.05, 0) is 42.9 Å². The van der Waals surface area contributed by atoms with Crippen LogP contribution < -0.4 is 21.1 Å². The number of hydrogen-bond donors (Lipinski definition) is 4. The molecule has 0 saturated carbocycles. The topological polar surface area (TPSA) is 123 Å². The fourth-order valence-electron chi connectivity index (χ4n) is 2.34. The first-order valence-corrected chi connectivity index (χ1v) is 9.80. The van der Waals surface area contributed by atoms with Crippen LogP contribution in [0, 0.1) is 0 Å². The normalized spacial score (nSPS) is 10.8. The summed E-state index contributed by atoms with van der Waals surface area (Å²) in [6.45, 7) is 1.35. The van der Waals surface area contributed by atoms with Crippen LogP contribution in [0.2, 0.25) is 0 Å². The summed E-state index contributed by atoms with van der Waals surface area (Å²) in [5.74, 6) is -0.354. The lowest BCUT2D eigenvalue weighted by molar-refractivity contribution is 0.102. The molecule has 154 valence electrons. The average molecular weight is 429 g/mol. The highest BCUT2D eigenvalue weighted by atomic mass is 35.5. The minimum absolute atomic E-state index is 0. The third kappa shape index (κ3) is 6.18. The number of hydrogen-bond acceptors (Lipinski definition) is 6. The molecular formula is C18H25ClN4O4S. The van der Waals surface area contributed by atoms with Gasteiger partial charge in [0.1, 0.15) is 0 Å². The second-order valence-electron chi connectivity index (χ2n) is 5.69. The van der Waals surface area contributed by atoms with Crippen molar-refractivity contribution in [1.82, 2.24) is 4.72 Å². The van der Waals surface area contributed by atoms with E-state index in [4.69, 9.17) is 10.5 Å². The Morgan fingerprint density at radius 3 is 2.36 bits per heavy atom. The zero-order valence-corrected chi connectivity index (χ0v) is 17.3. The standard InChI is InChI=1S/C18H24N4O4S.ClH/c1-20-27(24,25)15-7-8-16(21-9-10-26-2)17(11-15)22-18(23)14-5-3-13(12-19)4-6-14;/h3-8,11,20-21H,9-10,12,19H2,1-2H3,(H,22,23);1H. The van der Waals surface area contributed by atoms with Gasteiger partial charge in [-0.15, -0.1) is 12.4 Å². The first-order chi connectivity index (χ1) is 12.9. The highest BCUT2D eigenvalue weighted by Crippen LogP contribution is 2.26. The van der Waals surface area contributed by atoms with E-state index in [1.165, 1.54) is 19.2 Å². The van der Waals surface area contributed by atoms with Gasteiger partial charge < -0.3 is 21.1 Å². The maximum absolute atomic E-state index is 12.6. The van der Waals surface area contributed by atoms with Gasteiger partial charge in [0.25, 0.3) is 5.91 Å². The van der Waals surface area contributed by atoms with E-state index in [0.29, 0.717) is 36.6 Å². The van der Waals surface area contributed by atoms with Crippen LogP contribution in [0.5, 0.6) is 0 Å². The van der Waals surface area contributed by atoms with Gasteiger partial charge in [-0.3, -0.25) is 4.79 Å². The van der Waals surface area contributed by atoms with E-state index in [1.54, 1.807) is 37.4 Å². The monoisotopic (exact) mass is 428 g/mol. The number of halogens is 1. The molecule has 1 amide bonds. The van der Waals surface area contributed by atoms with Gasteiger partial charge in [-0.25, -0.2) is 13.1 Å². The molecule has 0 aliphatic heterocycles. The SMILES string of the molecule is CNS(=O)(=O)c1ccc(NCCOC)c(NC(=O)c2ccc(CN)cc2)c1.Cl. The number of ether oxygens (including phenoxy) is 1. The molecule has 2 rings (SSSR count). The maximum Gasteiger partial charge on any atom is 0.255 e. The minimum atomic E-state index is -3.64. The maximum atomic E-state index is 12.6. The van der Waals surface area contributed by atoms with E-state index in [1.807, 2.05) is 0 Å². The summed E-state index contributed by atoms with van der Waals surface area (Å²) in [5, 5.41) is 5.88. The molecule has 10 heteroatoms. The van der Waals surface area contributed by atoms with Gasteiger partial charge in [0.05, 0.1) is 22.9 Å². The second-order valence-corrected chi connectivity index (χ2v) is 7.58. The molecule has 0 aliphatic carbocycles. The van der Waals surface area contributed by atoms with E-state index < -0.39 is 10.0 Å². The van der Waals surface area contributed by atoms with Crippen LogP contribution in [0.1, 0.15) is 15.9 Å². The Morgan fingerprint density at radius 1 is 1.11 bits per heavy atom. The summed E-state index contributed by atoms with van der Waals surface area (Å²) < 4.78 is 31.4. The van der Waals surface area contributed by atoms with E-state index >= 15 is 0 Å². The van der Waals surface area contributed by atoms with Crippen molar-refractivity contribution >= 4 is 39.7 Å². The third-order valence-electron chi connectivity index (χ3n) is 3.89. The largest absolute Gasteiger partial charge is 0.383 e. The van der Waals surface area contributed by atoms with Crippen LogP contribution in [0.4, 0.5) is 11.4 Å². The number of benzene rings is 2. The number of nitrogens with two attached hydrogens (primary N) is 1. The number of anilines is 2.